The Labute approximate surface area is 102 Å². The van der Waals surface area contributed by atoms with Crippen LogP contribution in [0.25, 0.3) is 0 Å². The number of halogens is 3. The third-order valence-electron chi connectivity index (χ3n) is 2.08. The maximum Gasteiger partial charge on any atom is 0.418 e. The summed E-state index contributed by atoms with van der Waals surface area (Å²) in [6.07, 6.45) is -5.19. The summed E-state index contributed by atoms with van der Waals surface area (Å²) in [5.41, 5.74) is -0.306. The summed E-state index contributed by atoms with van der Waals surface area (Å²) in [5, 5.41) is 9.00. The Hall–Kier alpha value is -1.50. The summed E-state index contributed by atoms with van der Waals surface area (Å²) in [7, 11) is 0. The predicted molar refractivity (Wildman–Crippen MR) is 56.7 cm³/mol. The van der Waals surface area contributed by atoms with Crippen LogP contribution in [0.15, 0.2) is 18.5 Å². The number of esters is 1. The van der Waals surface area contributed by atoms with E-state index in [-0.39, 0.29) is 18.2 Å². The van der Waals surface area contributed by atoms with Crippen LogP contribution in [0.3, 0.4) is 0 Å². The van der Waals surface area contributed by atoms with Crippen LogP contribution in [0.5, 0.6) is 0 Å². The highest BCUT2D eigenvalue weighted by atomic mass is 19.4. The fraction of sp³-hybridized carbons (Fsp3) is 0.545. The molecule has 1 atom stereocenters. The van der Waals surface area contributed by atoms with E-state index in [1.165, 1.54) is 10.8 Å². The van der Waals surface area contributed by atoms with Gasteiger partial charge in [-0.25, -0.2) is 0 Å². The highest BCUT2D eigenvalue weighted by molar-refractivity contribution is 5.69. The van der Waals surface area contributed by atoms with Crippen LogP contribution in [-0.2, 0) is 16.1 Å². The van der Waals surface area contributed by atoms with Crippen molar-refractivity contribution in [3.8, 4) is 0 Å². The zero-order valence-electron chi connectivity index (χ0n) is 9.94. The number of alkyl halides is 3. The first kappa shape index (κ1) is 14.6. The maximum atomic E-state index is 12.2. The van der Waals surface area contributed by atoms with Crippen molar-refractivity contribution in [3.05, 3.63) is 24.0 Å². The Bertz CT molecular complexity index is 412. The third-order valence-corrected chi connectivity index (χ3v) is 2.08. The Morgan fingerprint density at radius 2 is 2.11 bits per heavy atom. The van der Waals surface area contributed by atoms with Crippen LogP contribution >= 0.6 is 0 Å². The molecular formula is C11H14F3NO3. The number of aliphatic hydroxyl groups excluding tert-OH is 1. The first-order chi connectivity index (χ1) is 8.20. The maximum absolute atomic E-state index is 12.2. The molecule has 0 bridgehead atoms. The lowest BCUT2D eigenvalue weighted by atomic mass is 10.2. The van der Waals surface area contributed by atoms with E-state index < -0.39 is 18.2 Å². The Kier molecular flexibility index (Phi) is 4.39. The molecule has 1 aromatic rings. The molecule has 0 fully saturated rings. The molecule has 0 aliphatic carbocycles. The van der Waals surface area contributed by atoms with Crippen LogP contribution in [0.1, 0.15) is 25.5 Å². The van der Waals surface area contributed by atoms with Gasteiger partial charge in [-0.1, -0.05) is 0 Å². The molecule has 1 unspecified atom stereocenters. The smallest absolute Gasteiger partial charge is 0.418 e. The second-order valence-corrected chi connectivity index (χ2v) is 4.10. The normalized spacial score (nSPS) is 13.7. The monoisotopic (exact) mass is 265 g/mol. The van der Waals surface area contributed by atoms with Gasteiger partial charge in [0.2, 0.25) is 0 Å². The number of carbonyl (C=O) groups excluding carboxylic acids is 1. The highest BCUT2D eigenvalue weighted by Gasteiger charge is 2.39. The average molecular weight is 265 g/mol. The molecule has 0 aliphatic heterocycles. The minimum absolute atomic E-state index is 0.192. The van der Waals surface area contributed by atoms with Gasteiger partial charge in [-0.3, -0.25) is 4.79 Å². The van der Waals surface area contributed by atoms with E-state index in [4.69, 9.17) is 9.84 Å². The number of hydrogen-bond donors (Lipinski definition) is 1. The first-order valence-corrected chi connectivity index (χ1v) is 5.30. The van der Waals surface area contributed by atoms with E-state index in [1.54, 1.807) is 13.8 Å². The van der Waals surface area contributed by atoms with E-state index in [0.717, 1.165) is 12.3 Å². The Morgan fingerprint density at radius 1 is 1.50 bits per heavy atom. The Balaban J connectivity index is 2.67. The number of aliphatic hydroxyl groups is 1. The molecule has 18 heavy (non-hydrogen) atoms. The molecule has 102 valence electrons. The van der Waals surface area contributed by atoms with Gasteiger partial charge in [0.05, 0.1) is 6.10 Å². The SMILES string of the molecule is CC(C)OC(=O)Cn1ccc(C(O)C(F)(F)F)c1. The molecule has 0 spiro atoms. The molecule has 1 rings (SSSR count). The molecule has 0 amide bonds. The van der Waals surface area contributed by atoms with Gasteiger partial charge in [0, 0.05) is 18.0 Å². The van der Waals surface area contributed by atoms with E-state index in [2.05, 4.69) is 0 Å². The van der Waals surface area contributed by atoms with Gasteiger partial charge in [0.15, 0.2) is 6.10 Å². The molecule has 0 radical (unpaired) electrons. The van der Waals surface area contributed by atoms with Crippen molar-refractivity contribution in [2.24, 2.45) is 0 Å². The lowest BCUT2D eigenvalue weighted by Crippen LogP contribution is -2.20. The van der Waals surface area contributed by atoms with Crippen LogP contribution < -0.4 is 0 Å². The van der Waals surface area contributed by atoms with E-state index in [0.29, 0.717) is 0 Å². The molecule has 7 heteroatoms. The standard InChI is InChI=1S/C11H14F3NO3/c1-7(2)18-9(16)6-15-4-3-8(5-15)10(17)11(12,13)14/h3-5,7,10,17H,6H2,1-2H3. The minimum Gasteiger partial charge on any atom is -0.462 e. The number of rotatable bonds is 4. The van der Waals surface area contributed by atoms with Crippen molar-refractivity contribution in [2.75, 3.05) is 0 Å². The van der Waals surface area contributed by atoms with Gasteiger partial charge in [0.25, 0.3) is 0 Å². The summed E-state index contributed by atoms with van der Waals surface area (Å²) < 4.78 is 42.8. The molecule has 0 aromatic carbocycles. The fourth-order valence-corrected chi connectivity index (χ4v) is 1.36. The molecule has 0 saturated carbocycles. The van der Waals surface area contributed by atoms with Gasteiger partial charge >= 0.3 is 12.1 Å². The number of aromatic nitrogens is 1. The van der Waals surface area contributed by atoms with Crippen molar-refractivity contribution >= 4 is 5.97 Å². The van der Waals surface area contributed by atoms with E-state index >= 15 is 0 Å². The largest absolute Gasteiger partial charge is 0.462 e. The van der Waals surface area contributed by atoms with E-state index in [9.17, 15) is 18.0 Å². The predicted octanol–water partition coefficient (Wildman–Crippen LogP) is 2.04. The van der Waals surface area contributed by atoms with Crippen molar-refractivity contribution in [1.82, 2.24) is 4.57 Å². The fourth-order valence-electron chi connectivity index (χ4n) is 1.36. The van der Waals surface area contributed by atoms with Gasteiger partial charge in [0.1, 0.15) is 6.54 Å². The quantitative estimate of drug-likeness (QED) is 0.847. The Morgan fingerprint density at radius 3 is 2.61 bits per heavy atom. The number of hydrogen-bond acceptors (Lipinski definition) is 3. The van der Waals surface area contributed by atoms with Gasteiger partial charge < -0.3 is 14.4 Å². The average Bonchev–Trinajstić information content (AvgIpc) is 2.61. The van der Waals surface area contributed by atoms with E-state index in [1.807, 2.05) is 0 Å². The zero-order valence-corrected chi connectivity index (χ0v) is 9.94. The molecule has 1 aromatic heterocycles. The number of nitrogens with zero attached hydrogens (tertiary/aromatic N) is 1. The van der Waals surface area contributed by atoms with Crippen molar-refractivity contribution < 1.29 is 27.8 Å². The number of carbonyl (C=O) groups is 1. The van der Waals surface area contributed by atoms with Crippen molar-refractivity contribution in [3.63, 3.8) is 0 Å². The summed E-state index contributed by atoms with van der Waals surface area (Å²) in [6.45, 7) is 3.15. The summed E-state index contributed by atoms with van der Waals surface area (Å²) >= 11 is 0. The molecule has 0 saturated heterocycles. The third kappa shape index (κ3) is 4.06. The molecule has 1 N–H and O–H groups in total. The first-order valence-electron chi connectivity index (χ1n) is 5.30. The summed E-state index contributed by atoms with van der Waals surface area (Å²) in [6, 6.07) is 1.11. The highest BCUT2D eigenvalue weighted by Crippen LogP contribution is 2.32. The second-order valence-electron chi connectivity index (χ2n) is 4.10. The zero-order chi connectivity index (χ0) is 13.9. The van der Waals surface area contributed by atoms with Gasteiger partial charge in [-0.2, -0.15) is 13.2 Å². The van der Waals surface area contributed by atoms with Crippen molar-refractivity contribution in [1.29, 1.82) is 0 Å². The van der Waals surface area contributed by atoms with Crippen LogP contribution in [0, 0.1) is 0 Å². The van der Waals surface area contributed by atoms with Gasteiger partial charge in [-0.15, -0.1) is 0 Å². The second kappa shape index (κ2) is 5.43. The topological polar surface area (TPSA) is 51.5 Å². The molecular weight excluding hydrogens is 251 g/mol. The van der Waals surface area contributed by atoms with Crippen LogP contribution in [-0.4, -0.2) is 27.9 Å². The minimum atomic E-state index is -4.72. The molecule has 4 nitrogen and oxygen atoms in total. The summed E-state index contributed by atoms with van der Waals surface area (Å²) in [4.78, 5) is 11.3. The molecule has 0 aliphatic rings. The number of ether oxygens (including phenoxy) is 1. The summed E-state index contributed by atoms with van der Waals surface area (Å²) in [5.74, 6) is -0.548. The lowest BCUT2D eigenvalue weighted by molar-refractivity contribution is -0.206. The van der Waals surface area contributed by atoms with Crippen LogP contribution in [0.4, 0.5) is 13.2 Å². The molecule has 1 heterocycles. The van der Waals surface area contributed by atoms with Crippen molar-refractivity contribution in [2.45, 2.75) is 38.8 Å². The van der Waals surface area contributed by atoms with Gasteiger partial charge in [-0.05, 0) is 19.9 Å². The lowest BCUT2D eigenvalue weighted by Gasteiger charge is -2.12. The van der Waals surface area contributed by atoms with Crippen LogP contribution in [0.2, 0.25) is 0 Å².